The van der Waals surface area contributed by atoms with E-state index in [2.05, 4.69) is 42.4 Å². The molecule has 0 bridgehead atoms. The Bertz CT molecular complexity index is 771. The molecule has 0 aliphatic carbocycles. The van der Waals surface area contributed by atoms with Crippen molar-refractivity contribution in [1.82, 2.24) is 20.4 Å². The number of likely N-dealkylation sites (N-methyl/N-ethyl adjacent to an activating group) is 1. The molecule has 2 rings (SSSR count). The molecule has 1 amide bonds. The molecule has 1 aromatic carbocycles. The average Bonchev–Trinajstić information content (AvgIpc) is 2.78. The van der Waals surface area contributed by atoms with Gasteiger partial charge in [0.2, 0.25) is 5.91 Å². The minimum absolute atomic E-state index is 0.156. The zero-order valence-electron chi connectivity index (χ0n) is 20.8. The number of piperidine rings is 1. The quantitative estimate of drug-likeness (QED) is 0.446. The standard InChI is InChI=1S/C24H41N5O3/c1-8-25-23(27-19-11-13-29(14-12-19)16-22(30)28(4)5)26-17-24(2,3)18-9-10-20(31-6)21(15-18)32-7/h9-10,15,19H,8,11-14,16-17H2,1-7H3,(H2,25,26,27). The molecule has 8 heteroatoms. The van der Waals surface area contributed by atoms with Gasteiger partial charge in [-0.05, 0) is 37.5 Å². The summed E-state index contributed by atoms with van der Waals surface area (Å²) in [6.45, 7) is 10.2. The summed E-state index contributed by atoms with van der Waals surface area (Å²) in [4.78, 5) is 20.7. The van der Waals surface area contributed by atoms with E-state index in [1.807, 2.05) is 12.1 Å². The Hall–Kier alpha value is -2.48. The highest BCUT2D eigenvalue weighted by Gasteiger charge is 2.24. The van der Waals surface area contributed by atoms with E-state index in [1.165, 1.54) is 0 Å². The van der Waals surface area contributed by atoms with Crippen LogP contribution in [0.25, 0.3) is 0 Å². The Morgan fingerprint density at radius 3 is 2.41 bits per heavy atom. The summed E-state index contributed by atoms with van der Waals surface area (Å²) in [5.41, 5.74) is 0.978. The number of carbonyl (C=O) groups excluding carboxylic acids is 1. The molecular formula is C24H41N5O3. The number of benzene rings is 1. The molecule has 0 saturated carbocycles. The van der Waals surface area contributed by atoms with Crippen LogP contribution in [0.2, 0.25) is 0 Å². The molecule has 0 atom stereocenters. The molecule has 1 aliphatic heterocycles. The Morgan fingerprint density at radius 1 is 1.19 bits per heavy atom. The number of carbonyl (C=O) groups is 1. The van der Waals surface area contributed by atoms with Gasteiger partial charge < -0.3 is 25.0 Å². The van der Waals surface area contributed by atoms with Crippen LogP contribution in [0, 0.1) is 0 Å². The number of hydrogen-bond donors (Lipinski definition) is 2. The van der Waals surface area contributed by atoms with Crippen molar-refractivity contribution in [2.75, 3.05) is 61.0 Å². The van der Waals surface area contributed by atoms with Gasteiger partial charge in [-0.2, -0.15) is 0 Å². The van der Waals surface area contributed by atoms with Gasteiger partial charge in [0.15, 0.2) is 17.5 Å². The second-order valence-electron chi connectivity index (χ2n) is 9.13. The summed E-state index contributed by atoms with van der Waals surface area (Å²) in [7, 11) is 6.91. The number of amides is 1. The number of guanidine groups is 1. The Morgan fingerprint density at radius 2 is 1.84 bits per heavy atom. The van der Waals surface area contributed by atoms with E-state index >= 15 is 0 Å². The summed E-state index contributed by atoms with van der Waals surface area (Å²) in [6.07, 6.45) is 1.98. The van der Waals surface area contributed by atoms with Crippen LogP contribution in [0.1, 0.15) is 39.2 Å². The third-order valence-electron chi connectivity index (χ3n) is 5.93. The van der Waals surface area contributed by atoms with Gasteiger partial charge in [-0.3, -0.25) is 14.7 Å². The summed E-state index contributed by atoms with van der Waals surface area (Å²) in [6, 6.07) is 6.39. The van der Waals surface area contributed by atoms with Crippen molar-refractivity contribution in [3.63, 3.8) is 0 Å². The van der Waals surface area contributed by atoms with E-state index in [4.69, 9.17) is 14.5 Å². The molecule has 1 heterocycles. The number of rotatable bonds is 9. The average molecular weight is 448 g/mol. The summed E-state index contributed by atoms with van der Waals surface area (Å²) in [5, 5.41) is 6.96. The molecule has 1 fully saturated rings. The minimum Gasteiger partial charge on any atom is -0.493 e. The van der Waals surface area contributed by atoms with Crippen molar-refractivity contribution >= 4 is 11.9 Å². The van der Waals surface area contributed by atoms with Gasteiger partial charge in [-0.1, -0.05) is 19.9 Å². The van der Waals surface area contributed by atoms with Crippen molar-refractivity contribution in [3.8, 4) is 11.5 Å². The number of hydrogen-bond acceptors (Lipinski definition) is 5. The van der Waals surface area contributed by atoms with Crippen LogP contribution >= 0.6 is 0 Å². The molecule has 2 N–H and O–H groups in total. The highest BCUT2D eigenvalue weighted by atomic mass is 16.5. The fraction of sp³-hybridized carbons (Fsp3) is 0.667. The first-order chi connectivity index (χ1) is 15.2. The predicted octanol–water partition coefficient (Wildman–Crippen LogP) is 2.09. The monoisotopic (exact) mass is 447 g/mol. The summed E-state index contributed by atoms with van der Waals surface area (Å²) in [5.74, 6) is 2.45. The van der Waals surface area contributed by atoms with Crippen LogP contribution < -0.4 is 20.1 Å². The third kappa shape index (κ3) is 7.29. The van der Waals surface area contributed by atoms with Crippen LogP contribution in [0.15, 0.2) is 23.2 Å². The minimum atomic E-state index is -0.169. The van der Waals surface area contributed by atoms with Gasteiger partial charge in [0.25, 0.3) is 0 Å². The number of nitrogens with one attached hydrogen (secondary N) is 2. The van der Waals surface area contributed by atoms with E-state index in [-0.39, 0.29) is 11.3 Å². The summed E-state index contributed by atoms with van der Waals surface area (Å²) >= 11 is 0. The highest BCUT2D eigenvalue weighted by Crippen LogP contribution is 2.33. The topological polar surface area (TPSA) is 78.4 Å². The van der Waals surface area contributed by atoms with E-state index < -0.39 is 0 Å². The van der Waals surface area contributed by atoms with Crippen LogP contribution in [-0.4, -0.2) is 88.7 Å². The van der Waals surface area contributed by atoms with E-state index in [1.54, 1.807) is 33.2 Å². The molecule has 32 heavy (non-hydrogen) atoms. The van der Waals surface area contributed by atoms with Gasteiger partial charge in [0.1, 0.15) is 0 Å². The van der Waals surface area contributed by atoms with Crippen LogP contribution in [0.3, 0.4) is 0 Å². The van der Waals surface area contributed by atoms with Crippen molar-refractivity contribution in [3.05, 3.63) is 23.8 Å². The maximum atomic E-state index is 12.0. The Kier molecular flexibility index (Phi) is 9.62. The van der Waals surface area contributed by atoms with E-state index in [0.29, 0.717) is 19.1 Å². The molecule has 1 aliphatic rings. The lowest BCUT2D eigenvalue weighted by Crippen LogP contribution is -2.50. The number of ether oxygens (including phenoxy) is 2. The van der Waals surface area contributed by atoms with Crippen LogP contribution in [0.5, 0.6) is 11.5 Å². The largest absolute Gasteiger partial charge is 0.493 e. The van der Waals surface area contributed by atoms with Gasteiger partial charge in [0.05, 0.1) is 27.3 Å². The zero-order chi connectivity index (χ0) is 23.7. The van der Waals surface area contributed by atoms with Crippen molar-refractivity contribution < 1.29 is 14.3 Å². The number of nitrogens with zero attached hydrogens (tertiary/aromatic N) is 3. The summed E-state index contributed by atoms with van der Waals surface area (Å²) < 4.78 is 10.8. The van der Waals surface area contributed by atoms with Crippen molar-refractivity contribution in [2.45, 2.75) is 45.1 Å². The molecule has 180 valence electrons. The molecule has 1 saturated heterocycles. The number of likely N-dealkylation sites (tertiary alicyclic amines) is 1. The molecule has 0 radical (unpaired) electrons. The number of aliphatic imine (C=N–C) groups is 1. The maximum absolute atomic E-state index is 12.0. The second kappa shape index (κ2) is 11.9. The lowest BCUT2D eigenvalue weighted by molar-refractivity contribution is -0.130. The molecule has 0 spiro atoms. The maximum Gasteiger partial charge on any atom is 0.236 e. The first-order valence-electron chi connectivity index (χ1n) is 11.4. The van der Waals surface area contributed by atoms with Gasteiger partial charge >= 0.3 is 0 Å². The fourth-order valence-corrected chi connectivity index (χ4v) is 3.71. The predicted molar refractivity (Wildman–Crippen MR) is 130 cm³/mol. The SMILES string of the molecule is CCNC(=NCC(C)(C)c1ccc(OC)c(OC)c1)NC1CCN(CC(=O)N(C)C)CC1. The molecule has 1 aromatic rings. The van der Waals surface area contributed by atoms with Crippen molar-refractivity contribution in [1.29, 1.82) is 0 Å². The first kappa shape index (κ1) is 25.8. The smallest absolute Gasteiger partial charge is 0.236 e. The first-order valence-corrected chi connectivity index (χ1v) is 11.4. The van der Waals surface area contributed by atoms with E-state index in [0.717, 1.165) is 55.5 Å². The molecular weight excluding hydrogens is 406 g/mol. The van der Waals surface area contributed by atoms with Gasteiger partial charge in [0, 0.05) is 45.2 Å². The molecule has 8 nitrogen and oxygen atoms in total. The third-order valence-corrected chi connectivity index (χ3v) is 5.93. The normalized spacial score (nSPS) is 15.9. The van der Waals surface area contributed by atoms with Gasteiger partial charge in [-0.15, -0.1) is 0 Å². The second-order valence-corrected chi connectivity index (χ2v) is 9.13. The van der Waals surface area contributed by atoms with Crippen LogP contribution in [0.4, 0.5) is 0 Å². The molecule has 0 aromatic heterocycles. The molecule has 0 unspecified atom stereocenters. The lowest BCUT2D eigenvalue weighted by Gasteiger charge is -2.33. The zero-order valence-corrected chi connectivity index (χ0v) is 20.8. The number of methoxy groups -OCH3 is 2. The van der Waals surface area contributed by atoms with Crippen LogP contribution in [-0.2, 0) is 10.2 Å². The Balaban J connectivity index is 1.98. The van der Waals surface area contributed by atoms with Crippen molar-refractivity contribution in [2.24, 2.45) is 4.99 Å². The highest BCUT2D eigenvalue weighted by molar-refractivity contribution is 5.80. The fourth-order valence-electron chi connectivity index (χ4n) is 3.71. The Labute approximate surface area is 193 Å². The van der Waals surface area contributed by atoms with Gasteiger partial charge in [-0.25, -0.2) is 0 Å². The lowest BCUT2D eigenvalue weighted by atomic mass is 9.84. The van der Waals surface area contributed by atoms with E-state index in [9.17, 15) is 4.79 Å².